The molecule has 2 N–H and O–H groups in total. The molecule has 0 aromatic carbocycles. The van der Waals surface area contributed by atoms with E-state index in [9.17, 15) is 4.79 Å². The molecule has 0 heterocycles. The Kier molecular flexibility index (Phi) is 18.0. The summed E-state index contributed by atoms with van der Waals surface area (Å²) in [6, 6.07) is 0. The molecule has 0 aromatic rings. The van der Waals surface area contributed by atoms with Gasteiger partial charge in [-0.3, -0.25) is 0 Å². The first-order valence-electron chi connectivity index (χ1n) is 7.30. The van der Waals surface area contributed by atoms with Gasteiger partial charge in [-0.15, -0.1) is 0 Å². The molecule has 0 amide bonds. The summed E-state index contributed by atoms with van der Waals surface area (Å²) in [5.41, 5.74) is 5.19. The Balaban J connectivity index is -0.00000144. The van der Waals surface area contributed by atoms with E-state index in [0.717, 1.165) is 12.8 Å². The summed E-state index contributed by atoms with van der Waals surface area (Å²) in [5.74, 6) is -0.481. The van der Waals surface area contributed by atoms with Crippen molar-refractivity contribution in [3.05, 3.63) is 12.3 Å². The van der Waals surface area contributed by atoms with Crippen molar-refractivity contribution in [2.24, 2.45) is 5.73 Å². The molecule has 0 saturated heterocycles. The second-order valence-electron chi connectivity index (χ2n) is 4.84. The zero-order valence-corrected chi connectivity index (χ0v) is 14.9. The molecule has 3 nitrogen and oxygen atoms in total. The van der Waals surface area contributed by atoms with Gasteiger partial charge in [0, 0.05) is 0 Å². The first kappa shape index (κ1) is 21.3. The molecular formula is C15H30NNaO2. The molecular weight excluding hydrogens is 249 g/mol. The summed E-state index contributed by atoms with van der Waals surface area (Å²) < 4.78 is 4.91. The molecule has 4 heteroatoms. The van der Waals surface area contributed by atoms with E-state index in [4.69, 9.17) is 10.5 Å². The SMILES string of the molecule is C=C(N)C(=O)OCCCCCCCCCCCC.[H-].[Na+]. The Morgan fingerprint density at radius 3 is 1.84 bits per heavy atom. The van der Waals surface area contributed by atoms with Gasteiger partial charge in [-0.1, -0.05) is 71.3 Å². The number of ether oxygens (including phenoxy) is 1. The Morgan fingerprint density at radius 2 is 1.42 bits per heavy atom. The van der Waals surface area contributed by atoms with Crippen LogP contribution in [0.15, 0.2) is 12.3 Å². The van der Waals surface area contributed by atoms with Gasteiger partial charge in [0.15, 0.2) is 0 Å². The third-order valence-corrected chi connectivity index (χ3v) is 2.99. The van der Waals surface area contributed by atoms with E-state index >= 15 is 0 Å². The third-order valence-electron chi connectivity index (χ3n) is 2.99. The van der Waals surface area contributed by atoms with Crippen molar-refractivity contribution in [1.29, 1.82) is 0 Å². The molecule has 0 aliphatic rings. The summed E-state index contributed by atoms with van der Waals surface area (Å²) in [4.78, 5) is 11.0. The number of nitrogens with two attached hydrogens (primary N) is 1. The van der Waals surface area contributed by atoms with Crippen LogP contribution in [0.1, 0.15) is 72.6 Å². The molecule has 0 aromatic heterocycles. The van der Waals surface area contributed by atoms with Crippen LogP contribution < -0.4 is 35.3 Å². The van der Waals surface area contributed by atoms with Gasteiger partial charge in [-0.2, -0.15) is 0 Å². The molecule has 19 heavy (non-hydrogen) atoms. The first-order valence-corrected chi connectivity index (χ1v) is 7.30. The summed E-state index contributed by atoms with van der Waals surface area (Å²) in [7, 11) is 0. The van der Waals surface area contributed by atoms with Gasteiger partial charge in [0.1, 0.15) is 5.70 Å². The monoisotopic (exact) mass is 279 g/mol. The number of esters is 1. The van der Waals surface area contributed by atoms with E-state index in [0.29, 0.717) is 6.61 Å². The van der Waals surface area contributed by atoms with E-state index in [2.05, 4.69) is 13.5 Å². The van der Waals surface area contributed by atoms with Gasteiger partial charge in [0.25, 0.3) is 0 Å². The van der Waals surface area contributed by atoms with Gasteiger partial charge in [-0.25, -0.2) is 4.79 Å². The fourth-order valence-electron chi connectivity index (χ4n) is 1.85. The molecule has 0 radical (unpaired) electrons. The second-order valence-corrected chi connectivity index (χ2v) is 4.84. The number of hydrogen-bond donors (Lipinski definition) is 1. The van der Waals surface area contributed by atoms with Crippen LogP contribution in [0.5, 0.6) is 0 Å². The maximum atomic E-state index is 11.0. The van der Waals surface area contributed by atoms with Crippen LogP contribution in [0.25, 0.3) is 0 Å². The maximum absolute atomic E-state index is 11.0. The minimum absolute atomic E-state index is 0. The van der Waals surface area contributed by atoms with Crippen LogP contribution in [0.4, 0.5) is 0 Å². The Bertz CT molecular complexity index is 238. The smallest absolute Gasteiger partial charge is 1.00 e. The van der Waals surface area contributed by atoms with Crippen LogP contribution in [0.3, 0.4) is 0 Å². The fourth-order valence-corrected chi connectivity index (χ4v) is 1.85. The molecule has 0 aliphatic carbocycles. The minimum atomic E-state index is -0.481. The molecule has 0 spiro atoms. The standard InChI is InChI=1S/C15H29NO2.Na.H/c1-3-4-5-6-7-8-9-10-11-12-13-18-15(17)14(2)16;;/h2-13,16H2,1H3;;/q;+1;-1. The largest absolute Gasteiger partial charge is 1.00 e. The average molecular weight is 279 g/mol. The first-order chi connectivity index (χ1) is 8.68. The van der Waals surface area contributed by atoms with Crippen molar-refractivity contribution >= 4 is 5.97 Å². The normalized spacial score (nSPS) is 9.74. The predicted octanol–water partition coefficient (Wildman–Crippen LogP) is 1.04. The van der Waals surface area contributed by atoms with Crippen molar-refractivity contribution < 1.29 is 40.5 Å². The van der Waals surface area contributed by atoms with E-state index < -0.39 is 5.97 Å². The molecule has 0 aliphatic heterocycles. The summed E-state index contributed by atoms with van der Waals surface area (Å²) in [6.07, 6.45) is 12.7. The van der Waals surface area contributed by atoms with Crippen LogP contribution in [0, 0.1) is 0 Å². The van der Waals surface area contributed by atoms with Crippen LogP contribution in [-0.2, 0) is 9.53 Å². The van der Waals surface area contributed by atoms with Crippen molar-refractivity contribution in [2.75, 3.05) is 6.61 Å². The topological polar surface area (TPSA) is 52.3 Å². The van der Waals surface area contributed by atoms with Crippen LogP contribution in [0.2, 0.25) is 0 Å². The van der Waals surface area contributed by atoms with E-state index in [1.165, 1.54) is 51.4 Å². The zero-order chi connectivity index (χ0) is 13.6. The molecule has 108 valence electrons. The number of carbonyl (C=O) groups excluding carboxylic acids is 1. The van der Waals surface area contributed by atoms with Crippen molar-refractivity contribution in [3.63, 3.8) is 0 Å². The Labute approximate surface area is 142 Å². The van der Waals surface area contributed by atoms with Crippen molar-refractivity contribution in [1.82, 2.24) is 0 Å². The van der Waals surface area contributed by atoms with Gasteiger partial charge in [-0.05, 0) is 6.42 Å². The van der Waals surface area contributed by atoms with Crippen molar-refractivity contribution in [2.45, 2.75) is 71.1 Å². The molecule has 0 bridgehead atoms. The quantitative estimate of drug-likeness (QED) is 0.251. The second kappa shape index (κ2) is 16.1. The maximum Gasteiger partial charge on any atom is 1.00 e. The van der Waals surface area contributed by atoms with Gasteiger partial charge < -0.3 is 11.9 Å². The molecule has 0 atom stereocenters. The van der Waals surface area contributed by atoms with Gasteiger partial charge in [0.2, 0.25) is 0 Å². The number of unbranched alkanes of at least 4 members (excludes halogenated alkanes) is 9. The molecule has 0 saturated carbocycles. The third kappa shape index (κ3) is 16.0. The van der Waals surface area contributed by atoms with E-state index in [1.54, 1.807) is 0 Å². The van der Waals surface area contributed by atoms with Crippen LogP contribution in [-0.4, -0.2) is 12.6 Å². The van der Waals surface area contributed by atoms with Crippen molar-refractivity contribution in [3.8, 4) is 0 Å². The van der Waals surface area contributed by atoms with E-state index in [1.807, 2.05) is 0 Å². The number of carbonyl (C=O) groups is 1. The summed E-state index contributed by atoms with van der Waals surface area (Å²) >= 11 is 0. The van der Waals surface area contributed by atoms with E-state index in [-0.39, 0.29) is 36.7 Å². The van der Waals surface area contributed by atoms with Gasteiger partial charge >= 0.3 is 35.5 Å². The summed E-state index contributed by atoms with van der Waals surface area (Å²) in [6.45, 7) is 6.03. The molecule has 0 rings (SSSR count). The zero-order valence-electron chi connectivity index (χ0n) is 13.9. The fraction of sp³-hybridized carbons (Fsp3) is 0.800. The summed E-state index contributed by atoms with van der Waals surface area (Å²) in [5, 5.41) is 0. The van der Waals surface area contributed by atoms with Crippen LogP contribution >= 0.6 is 0 Å². The average Bonchev–Trinajstić information content (AvgIpc) is 2.35. The number of rotatable bonds is 12. The van der Waals surface area contributed by atoms with Gasteiger partial charge in [0.05, 0.1) is 6.61 Å². The predicted molar refractivity (Wildman–Crippen MR) is 77.2 cm³/mol. The minimum Gasteiger partial charge on any atom is -1.00 e. The molecule has 0 fully saturated rings. The Hall–Kier alpha value is 0.0100. The molecule has 0 unspecified atom stereocenters. The number of hydrogen-bond acceptors (Lipinski definition) is 3. The Morgan fingerprint density at radius 1 is 1.00 bits per heavy atom.